The van der Waals surface area contributed by atoms with Crippen LogP contribution in [-0.2, 0) is 14.8 Å². The minimum absolute atomic E-state index is 0.0352. The van der Waals surface area contributed by atoms with Gasteiger partial charge >= 0.3 is 5.97 Å². The Morgan fingerprint density at radius 2 is 1.84 bits per heavy atom. The molecule has 1 aromatic carbocycles. The monoisotopic (exact) mass is 366 g/mol. The van der Waals surface area contributed by atoms with E-state index < -0.39 is 27.4 Å². The van der Waals surface area contributed by atoms with Crippen LogP contribution in [-0.4, -0.2) is 47.8 Å². The summed E-state index contributed by atoms with van der Waals surface area (Å²) in [7, 11) is -3.58. The van der Waals surface area contributed by atoms with Crippen molar-refractivity contribution in [3.05, 3.63) is 29.8 Å². The van der Waals surface area contributed by atoms with E-state index in [1.54, 1.807) is 0 Å². The van der Waals surface area contributed by atoms with Crippen LogP contribution in [0.1, 0.15) is 49.4 Å². The Bertz CT molecular complexity index is 784. The topological polar surface area (TPSA) is 104 Å². The zero-order valence-electron chi connectivity index (χ0n) is 14.1. The third-order valence-corrected chi connectivity index (χ3v) is 7.01. The minimum atomic E-state index is -3.58. The molecule has 1 saturated heterocycles. The Kier molecular flexibility index (Phi) is 4.59. The first-order valence-corrected chi connectivity index (χ1v) is 9.88. The summed E-state index contributed by atoms with van der Waals surface area (Å²) in [4.78, 5) is 23.5. The molecule has 2 fully saturated rings. The molecule has 25 heavy (non-hydrogen) atoms. The third kappa shape index (κ3) is 3.41. The predicted molar refractivity (Wildman–Crippen MR) is 90.7 cm³/mol. The highest BCUT2D eigenvalue weighted by molar-refractivity contribution is 7.89. The molecule has 2 N–H and O–H groups in total. The van der Waals surface area contributed by atoms with E-state index in [1.165, 1.54) is 28.6 Å². The smallest absolute Gasteiger partial charge is 0.329 e. The predicted octanol–water partition coefficient (Wildman–Crippen LogP) is 1.60. The van der Waals surface area contributed by atoms with Crippen LogP contribution in [0.3, 0.4) is 0 Å². The van der Waals surface area contributed by atoms with E-state index in [0.717, 1.165) is 19.3 Å². The summed E-state index contributed by atoms with van der Waals surface area (Å²) < 4.78 is 27.0. The number of amides is 1. The number of carboxylic acids is 1. The largest absolute Gasteiger partial charge is 0.480 e. The summed E-state index contributed by atoms with van der Waals surface area (Å²) in [5, 5.41) is 11.6. The number of sulfonamides is 1. The van der Waals surface area contributed by atoms with Gasteiger partial charge in [-0.1, -0.05) is 6.42 Å². The normalized spacial score (nSPS) is 23.0. The number of rotatable bonds is 5. The van der Waals surface area contributed by atoms with Crippen molar-refractivity contribution < 1.29 is 23.1 Å². The first-order chi connectivity index (χ1) is 11.8. The number of carbonyl (C=O) groups excluding carboxylic acids is 1. The molecule has 3 rings (SSSR count). The molecule has 0 spiro atoms. The van der Waals surface area contributed by atoms with Crippen LogP contribution in [0, 0.1) is 0 Å². The number of hydrogen-bond acceptors (Lipinski definition) is 4. The molecule has 0 bridgehead atoms. The first kappa shape index (κ1) is 17.9. The average Bonchev–Trinajstić information content (AvgIpc) is 3.36. The van der Waals surface area contributed by atoms with Gasteiger partial charge in [-0.3, -0.25) is 4.79 Å². The molecule has 1 atom stereocenters. The molecular formula is C17H22N2O5S. The third-order valence-electron chi connectivity index (χ3n) is 4.98. The molecule has 1 aliphatic heterocycles. The van der Waals surface area contributed by atoms with Gasteiger partial charge in [-0.25, -0.2) is 13.2 Å². The van der Waals surface area contributed by atoms with Crippen molar-refractivity contribution in [3.8, 4) is 0 Å². The molecule has 7 nitrogen and oxygen atoms in total. The zero-order chi connectivity index (χ0) is 18.2. The van der Waals surface area contributed by atoms with Gasteiger partial charge in [0.1, 0.15) is 5.54 Å². The van der Waals surface area contributed by atoms with Crippen LogP contribution in [0.25, 0.3) is 0 Å². The Hall–Kier alpha value is -1.93. The van der Waals surface area contributed by atoms with E-state index in [1.807, 2.05) is 6.92 Å². The number of benzene rings is 1. The summed E-state index contributed by atoms with van der Waals surface area (Å²) in [5.41, 5.74) is -0.913. The molecule has 1 heterocycles. The maximum absolute atomic E-state index is 12.8. The quantitative estimate of drug-likeness (QED) is 0.824. The standard InChI is InChI=1S/C17H22N2O5S/c1-12-4-2-3-11-19(12)25(23,24)14-7-5-13(6-8-14)15(20)18-17(9-10-17)16(21)22/h5-8,12H,2-4,9-11H2,1H3,(H,18,20)(H,21,22)/t12-/m0/s1. The maximum Gasteiger partial charge on any atom is 0.329 e. The summed E-state index contributed by atoms with van der Waals surface area (Å²) in [6, 6.07) is 5.63. The van der Waals surface area contributed by atoms with E-state index in [0.29, 0.717) is 19.4 Å². The van der Waals surface area contributed by atoms with Gasteiger partial charge in [0.25, 0.3) is 5.91 Å². The van der Waals surface area contributed by atoms with E-state index in [4.69, 9.17) is 5.11 Å². The van der Waals surface area contributed by atoms with Crippen molar-refractivity contribution >= 4 is 21.9 Å². The van der Waals surface area contributed by atoms with E-state index in [2.05, 4.69) is 5.32 Å². The Morgan fingerprint density at radius 3 is 2.36 bits per heavy atom. The van der Waals surface area contributed by atoms with Crippen LogP contribution in [0.5, 0.6) is 0 Å². The van der Waals surface area contributed by atoms with Crippen molar-refractivity contribution in [2.45, 2.75) is 55.5 Å². The lowest BCUT2D eigenvalue weighted by Crippen LogP contribution is -2.43. The number of nitrogens with zero attached hydrogens (tertiary/aromatic N) is 1. The van der Waals surface area contributed by atoms with Crippen molar-refractivity contribution in [3.63, 3.8) is 0 Å². The highest BCUT2D eigenvalue weighted by atomic mass is 32.2. The van der Waals surface area contributed by atoms with Gasteiger partial charge < -0.3 is 10.4 Å². The first-order valence-electron chi connectivity index (χ1n) is 8.44. The lowest BCUT2D eigenvalue weighted by atomic mass is 10.1. The molecule has 2 aliphatic rings. The summed E-state index contributed by atoms with van der Waals surface area (Å²) >= 11 is 0. The average molecular weight is 366 g/mol. The molecule has 0 aromatic heterocycles. The summed E-state index contributed by atoms with van der Waals surface area (Å²) in [5.74, 6) is -1.55. The molecule has 1 amide bonds. The molecule has 1 saturated carbocycles. The number of hydrogen-bond donors (Lipinski definition) is 2. The Morgan fingerprint density at radius 1 is 1.20 bits per heavy atom. The van der Waals surface area contributed by atoms with Gasteiger partial charge in [-0.2, -0.15) is 4.31 Å². The SMILES string of the molecule is C[C@H]1CCCCN1S(=O)(=O)c1ccc(C(=O)NC2(C(=O)O)CC2)cc1. The van der Waals surface area contributed by atoms with Crippen LogP contribution in [0.15, 0.2) is 29.2 Å². The van der Waals surface area contributed by atoms with Crippen molar-refractivity contribution in [1.82, 2.24) is 9.62 Å². The van der Waals surface area contributed by atoms with Crippen LogP contribution in [0.2, 0.25) is 0 Å². The second-order valence-corrected chi connectivity index (χ2v) is 8.72. The van der Waals surface area contributed by atoms with Crippen LogP contribution < -0.4 is 5.32 Å². The summed E-state index contributed by atoms with van der Waals surface area (Å²) in [6.07, 6.45) is 3.54. The summed E-state index contributed by atoms with van der Waals surface area (Å²) in [6.45, 7) is 2.41. The van der Waals surface area contributed by atoms with E-state index >= 15 is 0 Å². The maximum atomic E-state index is 12.8. The van der Waals surface area contributed by atoms with Gasteiger partial charge in [0.2, 0.25) is 10.0 Å². The fourth-order valence-electron chi connectivity index (χ4n) is 3.15. The number of nitrogens with one attached hydrogen (secondary N) is 1. The molecular weight excluding hydrogens is 344 g/mol. The second kappa shape index (κ2) is 6.42. The molecule has 0 unspecified atom stereocenters. The van der Waals surface area contributed by atoms with Gasteiger partial charge in [0, 0.05) is 18.2 Å². The molecule has 1 aliphatic carbocycles. The lowest BCUT2D eigenvalue weighted by Gasteiger charge is -2.32. The molecule has 0 radical (unpaired) electrons. The van der Waals surface area contributed by atoms with Crippen molar-refractivity contribution in [2.75, 3.05) is 6.54 Å². The number of aliphatic carboxylic acids is 1. The van der Waals surface area contributed by atoms with Crippen molar-refractivity contribution in [1.29, 1.82) is 0 Å². The zero-order valence-corrected chi connectivity index (χ0v) is 14.9. The van der Waals surface area contributed by atoms with Gasteiger partial charge in [0.05, 0.1) is 4.90 Å². The Labute approximate surface area is 147 Å². The highest BCUT2D eigenvalue weighted by Crippen LogP contribution is 2.35. The van der Waals surface area contributed by atoms with E-state index in [9.17, 15) is 18.0 Å². The van der Waals surface area contributed by atoms with Crippen molar-refractivity contribution in [2.24, 2.45) is 0 Å². The highest BCUT2D eigenvalue weighted by Gasteiger charge is 2.51. The number of carbonyl (C=O) groups is 2. The fraction of sp³-hybridized carbons (Fsp3) is 0.529. The van der Waals surface area contributed by atoms with Crippen LogP contribution in [0.4, 0.5) is 0 Å². The minimum Gasteiger partial charge on any atom is -0.480 e. The van der Waals surface area contributed by atoms with Gasteiger partial charge in [-0.15, -0.1) is 0 Å². The van der Waals surface area contributed by atoms with Crippen LogP contribution >= 0.6 is 0 Å². The fourth-order valence-corrected chi connectivity index (χ4v) is 4.85. The lowest BCUT2D eigenvalue weighted by molar-refractivity contribution is -0.140. The molecule has 1 aromatic rings. The van der Waals surface area contributed by atoms with E-state index in [-0.39, 0.29) is 16.5 Å². The molecule has 8 heteroatoms. The molecule has 136 valence electrons. The number of carboxylic acid groups (broad SMARTS) is 1. The van der Waals surface area contributed by atoms with Gasteiger partial charge in [0.15, 0.2) is 0 Å². The number of piperidine rings is 1. The Balaban J connectivity index is 1.75. The van der Waals surface area contributed by atoms with Gasteiger partial charge in [-0.05, 0) is 56.9 Å². The second-order valence-electron chi connectivity index (χ2n) is 6.83.